The number of nitrogens with zero attached hydrogens (tertiary/aromatic N) is 1. The zero-order chi connectivity index (χ0) is 8.69. The highest BCUT2D eigenvalue weighted by Crippen LogP contribution is 2.04. The fourth-order valence-electron chi connectivity index (χ4n) is 0.308. The number of hydrogen-bond donors (Lipinski definition) is 1. The monoisotopic (exact) mass is 262 g/mol. The van der Waals surface area contributed by atoms with Crippen LogP contribution < -0.4 is 5.73 Å². The third-order valence-corrected chi connectivity index (χ3v) is 1.83. The molecule has 2 nitrogen and oxygen atoms in total. The molecule has 0 aromatic heterocycles. The maximum absolute atomic E-state index is 5.23. The highest BCUT2D eigenvalue weighted by Gasteiger charge is 1.77. The molecule has 0 spiro atoms. The molecule has 0 aromatic rings. The van der Waals surface area contributed by atoms with Crippen molar-refractivity contribution in [3.8, 4) is 0 Å². The second-order valence-corrected chi connectivity index (χ2v) is 3.01. The van der Waals surface area contributed by atoms with E-state index in [-0.39, 0.29) is 0 Å². The van der Waals surface area contributed by atoms with Gasteiger partial charge in [-0.3, -0.25) is 0 Å². The molecule has 0 atom stereocenters. The average molecular weight is 262 g/mol. The van der Waals surface area contributed by atoms with Crippen LogP contribution in [0.15, 0.2) is 32.6 Å². The molecule has 0 aliphatic rings. The first-order valence-electron chi connectivity index (χ1n) is 3.20. The molecule has 0 bridgehead atoms. The van der Waals surface area contributed by atoms with Gasteiger partial charge in [0.25, 0.3) is 0 Å². The zero-order valence-corrected chi connectivity index (χ0v) is 8.79. The maximum atomic E-state index is 5.23. The molecule has 0 rings (SSSR count). The molecule has 0 aliphatic heterocycles. The van der Waals surface area contributed by atoms with Gasteiger partial charge in [0.2, 0.25) is 0 Å². The smallest absolute Gasteiger partial charge is 0.107 e. The molecule has 0 saturated carbocycles. The Kier molecular flexibility index (Phi) is 5.88. The quantitative estimate of drug-likeness (QED) is 0.353. The fraction of sp³-hybridized carbons (Fsp3) is 0.250. The summed E-state index contributed by atoms with van der Waals surface area (Å²) in [6, 6.07) is 0. The maximum Gasteiger partial charge on any atom is 0.107 e. The van der Waals surface area contributed by atoms with Crippen molar-refractivity contribution in [3.63, 3.8) is 0 Å². The predicted molar refractivity (Wildman–Crippen MR) is 57.7 cm³/mol. The SMILES string of the molecule is C/C=C(/I)N=C=C/C(C)=C\N. The van der Waals surface area contributed by atoms with Crippen molar-refractivity contribution in [3.05, 3.63) is 27.6 Å². The van der Waals surface area contributed by atoms with Crippen molar-refractivity contribution in [2.24, 2.45) is 10.7 Å². The van der Waals surface area contributed by atoms with Crippen LogP contribution >= 0.6 is 22.6 Å². The Hall–Kier alpha value is -0.540. The molecule has 3 heteroatoms. The Labute approximate surface area is 80.7 Å². The average Bonchev–Trinajstić information content (AvgIpc) is 2.04. The van der Waals surface area contributed by atoms with Crippen molar-refractivity contribution >= 4 is 28.5 Å². The standard InChI is InChI=1S/C8H11IN2/c1-3-8(9)11-5-4-7(2)6-10/h3-4,6H,10H2,1-2H3/b7-6-,8-3-. The molecule has 0 aromatic carbocycles. The number of nitrogens with two attached hydrogens (primary N) is 1. The molecule has 60 valence electrons. The van der Waals surface area contributed by atoms with Gasteiger partial charge in [-0.1, -0.05) is 6.08 Å². The lowest BCUT2D eigenvalue weighted by atomic mass is 10.3. The van der Waals surface area contributed by atoms with E-state index in [9.17, 15) is 0 Å². The van der Waals surface area contributed by atoms with E-state index in [0.29, 0.717) is 0 Å². The van der Waals surface area contributed by atoms with Crippen molar-refractivity contribution in [2.45, 2.75) is 13.8 Å². The Morgan fingerprint density at radius 3 is 2.73 bits per heavy atom. The van der Waals surface area contributed by atoms with Crippen molar-refractivity contribution in [2.75, 3.05) is 0 Å². The molecule has 0 saturated heterocycles. The number of aliphatic imine (C=N–C) groups is 1. The van der Waals surface area contributed by atoms with Crippen LogP contribution in [0.4, 0.5) is 0 Å². The zero-order valence-electron chi connectivity index (χ0n) is 6.63. The molecule has 0 heterocycles. The van der Waals surface area contributed by atoms with Crippen LogP contribution in [0.3, 0.4) is 0 Å². The summed E-state index contributed by atoms with van der Waals surface area (Å²) in [4.78, 5) is 3.98. The molecule has 0 radical (unpaired) electrons. The van der Waals surface area contributed by atoms with Gasteiger partial charge in [0, 0.05) is 6.08 Å². The van der Waals surface area contributed by atoms with Gasteiger partial charge in [-0.2, -0.15) is 0 Å². The Bertz CT molecular complexity index is 210. The van der Waals surface area contributed by atoms with Crippen molar-refractivity contribution < 1.29 is 0 Å². The van der Waals surface area contributed by atoms with E-state index in [1.54, 1.807) is 6.08 Å². The summed E-state index contributed by atoms with van der Waals surface area (Å²) in [6.07, 6.45) is 5.16. The van der Waals surface area contributed by atoms with E-state index >= 15 is 0 Å². The van der Waals surface area contributed by atoms with Gasteiger partial charge in [0.15, 0.2) is 0 Å². The summed E-state index contributed by atoms with van der Waals surface area (Å²) in [5.41, 5.74) is 6.18. The minimum atomic E-state index is 0.920. The van der Waals surface area contributed by atoms with Crippen LogP contribution in [-0.2, 0) is 0 Å². The van der Waals surface area contributed by atoms with E-state index in [1.807, 2.05) is 19.9 Å². The second-order valence-electron chi connectivity index (χ2n) is 1.91. The highest BCUT2D eigenvalue weighted by atomic mass is 127. The van der Waals surface area contributed by atoms with Crippen LogP contribution in [0.25, 0.3) is 0 Å². The van der Waals surface area contributed by atoms with Crippen molar-refractivity contribution in [1.82, 2.24) is 0 Å². The van der Waals surface area contributed by atoms with E-state index in [4.69, 9.17) is 5.73 Å². The van der Waals surface area contributed by atoms with Gasteiger partial charge in [-0.15, -0.1) is 0 Å². The minimum absolute atomic E-state index is 0.920. The lowest BCUT2D eigenvalue weighted by Gasteiger charge is -1.82. The van der Waals surface area contributed by atoms with Crippen molar-refractivity contribution in [1.29, 1.82) is 0 Å². The third-order valence-electron chi connectivity index (χ3n) is 0.965. The van der Waals surface area contributed by atoms with E-state index < -0.39 is 0 Å². The molecule has 2 N–H and O–H groups in total. The normalized spacial score (nSPS) is 12.3. The Morgan fingerprint density at radius 1 is 1.64 bits per heavy atom. The number of rotatable bonds is 2. The third kappa shape index (κ3) is 5.88. The predicted octanol–water partition coefficient (Wildman–Crippen LogP) is 2.37. The number of allylic oxidation sites excluding steroid dienone is 3. The largest absolute Gasteiger partial charge is 0.404 e. The molecule has 11 heavy (non-hydrogen) atoms. The molecule has 0 aliphatic carbocycles. The van der Waals surface area contributed by atoms with Gasteiger partial charge < -0.3 is 5.73 Å². The van der Waals surface area contributed by atoms with Crippen LogP contribution in [0.5, 0.6) is 0 Å². The van der Waals surface area contributed by atoms with Gasteiger partial charge in [-0.25, -0.2) is 4.99 Å². The fourth-order valence-corrected chi connectivity index (χ4v) is 0.448. The first-order chi connectivity index (χ1) is 5.20. The summed E-state index contributed by atoms with van der Waals surface area (Å²) < 4.78 is 0.920. The molecule has 0 unspecified atom stereocenters. The molecular weight excluding hydrogens is 251 g/mol. The summed E-state index contributed by atoms with van der Waals surface area (Å²) >= 11 is 2.13. The summed E-state index contributed by atoms with van der Waals surface area (Å²) in [5, 5.41) is 0. The van der Waals surface area contributed by atoms with E-state index in [2.05, 4.69) is 33.5 Å². The second kappa shape index (κ2) is 6.19. The van der Waals surface area contributed by atoms with Gasteiger partial charge >= 0.3 is 0 Å². The molecule has 0 amide bonds. The van der Waals surface area contributed by atoms with Gasteiger partial charge in [0.05, 0.1) is 0 Å². The summed E-state index contributed by atoms with van der Waals surface area (Å²) in [7, 11) is 0. The Morgan fingerprint density at radius 2 is 2.27 bits per heavy atom. The van der Waals surface area contributed by atoms with Crippen LogP contribution in [0.1, 0.15) is 13.8 Å². The first-order valence-corrected chi connectivity index (χ1v) is 4.28. The van der Waals surface area contributed by atoms with E-state index in [1.165, 1.54) is 6.20 Å². The minimum Gasteiger partial charge on any atom is -0.404 e. The topological polar surface area (TPSA) is 38.4 Å². The first kappa shape index (κ1) is 10.5. The number of halogens is 1. The summed E-state index contributed by atoms with van der Waals surface area (Å²) in [5.74, 6) is 2.76. The van der Waals surface area contributed by atoms with Crippen LogP contribution in [0.2, 0.25) is 0 Å². The lowest BCUT2D eigenvalue weighted by molar-refractivity contribution is 1.44. The Balaban J connectivity index is 4.24. The van der Waals surface area contributed by atoms with Crippen LogP contribution in [0, 0.1) is 0 Å². The lowest BCUT2D eigenvalue weighted by Crippen LogP contribution is -1.79. The highest BCUT2D eigenvalue weighted by molar-refractivity contribution is 14.1. The van der Waals surface area contributed by atoms with Gasteiger partial charge in [0.1, 0.15) is 3.70 Å². The van der Waals surface area contributed by atoms with E-state index in [0.717, 1.165) is 9.28 Å². The van der Waals surface area contributed by atoms with Crippen LogP contribution in [-0.4, -0.2) is 5.87 Å². The summed E-state index contributed by atoms with van der Waals surface area (Å²) in [6.45, 7) is 3.82. The number of hydrogen-bond acceptors (Lipinski definition) is 2. The van der Waals surface area contributed by atoms with Gasteiger partial charge in [-0.05, 0) is 54.1 Å². The molecule has 0 fully saturated rings. The molecular formula is C8H11IN2.